The Morgan fingerprint density at radius 2 is 0.781 bits per heavy atom. The predicted molar refractivity (Wildman–Crippen MR) is 299 cm³/mol. The van der Waals surface area contributed by atoms with Crippen molar-refractivity contribution >= 4 is 21.6 Å². The molecule has 1 amide bonds. The second-order valence-electron chi connectivity index (χ2n) is 20.4. The molecule has 73 heavy (non-hydrogen) atoms. The van der Waals surface area contributed by atoms with Crippen LogP contribution in [0.2, 0.25) is 0 Å². The molecule has 0 aromatic rings. The molecule has 0 spiro atoms. The Morgan fingerprint density at radius 3 is 1.07 bits per heavy atom. The number of phosphoric ester groups is 2. The molecule has 0 aromatic heterocycles. The van der Waals surface area contributed by atoms with Crippen LogP contribution in [0.4, 0.5) is 0 Å². The van der Waals surface area contributed by atoms with Gasteiger partial charge in [0.2, 0.25) is 5.91 Å². The highest BCUT2D eigenvalue weighted by molar-refractivity contribution is 7.61. The molecule has 15 heteroatoms. The molecule has 1 aliphatic rings. The van der Waals surface area contributed by atoms with Gasteiger partial charge in [-0.1, -0.05) is 116 Å². The summed E-state index contributed by atoms with van der Waals surface area (Å²) in [6.45, 7) is 23.9. The lowest BCUT2D eigenvalue weighted by Gasteiger charge is -2.42. The lowest BCUT2D eigenvalue weighted by atomic mass is 9.97. The van der Waals surface area contributed by atoms with Gasteiger partial charge in [0.1, 0.15) is 24.4 Å². The highest BCUT2D eigenvalue weighted by atomic mass is 31.3. The molecule has 416 valence electrons. The number of ether oxygens (including phenoxy) is 1. The van der Waals surface area contributed by atoms with Gasteiger partial charge in [-0.25, -0.2) is 9.13 Å². The molecule has 1 heterocycles. The first-order valence-electron chi connectivity index (χ1n) is 26.5. The van der Waals surface area contributed by atoms with E-state index >= 15 is 0 Å². The highest BCUT2D eigenvalue weighted by Crippen LogP contribution is 2.61. The van der Waals surface area contributed by atoms with Gasteiger partial charge in [-0.2, -0.15) is 4.31 Å². The summed E-state index contributed by atoms with van der Waals surface area (Å²) < 4.78 is 44.4. The average Bonchev–Trinajstić information content (AvgIpc) is 3.28. The van der Waals surface area contributed by atoms with Crippen molar-refractivity contribution in [1.29, 1.82) is 0 Å². The summed E-state index contributed by atoms with van der Waals surface area (Å²) in [5.74, 6) is -0.707. The van der Waals surface area contributed by atoms with E-state index in [0.29, 0.717) is 6.42 Å². The highest BCUT2D eigenvalue weighted by Gasteiger charge is 2.49. The fourth-order valence-electron chi connectivity index (χ4n) is 8.02. The van der Waals surface area contributed by atoms with Gasteiger partial charge in [-0.3, -0.25) is 13.8 Å². The number of allylic oxidation sites excluding steroid dienone is 19. The van der Waals surface area contributed by atoms with Crippen molar-refractivity contribution in [1.82, 2.24) is 5.32 Å². The van der Waals surface area contributed by atoms with Crippen LogP contribution < -0.4 is 5.32 Å². The molecule has 1 aliphatic heterocycles. The topological polar surface area (TPSA) is 201 Å². The second kappa shape index (κ2) is 37.7. The molecule has 7 atom stereocenters. The molecule has 0 aliphatic carbocycles. The zero-order valence-corrected chi connectivity index (χ0v) is 48.6. The van der Waals surface area contributed by atoms with Crippen molar-refractivity contribution in [2.45, 2.75) is 229 Å². The SMILES string of the molecule is CC(=O)N[C@H]1[C@H](OP(=O)(O)OP(=O)(O)OC/C=C(/C)CC/C=C(/C)CC/C=C(/C)CC/C=C(/C)CC/C=C(/C)CC/C=C(/C)CC/C=C(/C)CC/C=C(/C)CC/C=C(\C)CCC=C(C)C)O[C@H](CO)[C@@H](O)[C@@H]1O. The van der Waals surface area contributed by atoms with Gasteiger partial charge in [0, 0.05) is 6.92 Å². The summed E-state index contributed by atoms with van der Waals surface area (Å²) in [5, 5.41) is 32.1. The molecule has 2 unspecified atom stereocenters. The normalized spacial score (nSPS) is 22.0. The predicted octanol–water partition coefficient (Wildman–Crippen LogP) is 14.7. The van der Waals surface area contributed by atoms with Crippen molar-refractivity contribution in [2.75, 3.05) is 13.2 Å². The molecular weight excluding hydrogens is 965 g/mol. The van der Waals surface area contributed by atoms with Crippen LogP contribution in [-0.4, -0.2) is 74.9 Å². The van der Waals surface area contributed by atoms with Gasteiger partial charge in [-0.05, 0) is 192 Å². The van der Waals surface area contributed by atoms with E-state index in [4.69, 9.17) is 13.8 Å². The maximum atomic E-state index is 12.6. The monoisotopic (exact) mass is 1060 g/mol. The Kier molecular flexibility index (Phi) is 35.1. The minimum atomic E-state index is -5.42. The third kappa shape index (κ3) is 34.3. The molecule has 0 bridgehead atoms. The Bertz CT molecular complexity index is 2090. The summed E-state index contributed by atoms with van der Waals surface area (Å²) in [6, 6.07) is -1.58. The second-order valence-corrected chi connectivity index (χ2v) is 23.4. The van der Waals surface area contributed by atoms with Gasteiger partial charge < -0.3 is 35.2 Å². The Morgan fingerprint density at radius 1 is 0.479 bits per heavy atom. The first kappa shape index (κ1) is 68.0. The number of nitrogens with one attached hydrogen (secondary N) is 1. The van der Waals surface area contributed by atoms with E-state index < -0.39 is 65.4 Å². The Hall–Kier alpha value is -3.03. The molecule has 1 fully saturated rings. The standard InChI is InChI=1S/C58H97NO12P2/c1-43(2)22-13-23-44(3)24-14-25-45(4)26-15-27-46(5)28-16-29-47(6)30-17-31-48(7)32-18-33-49(8)34-19-35-50(9)36-20-37-51(10)38-21-39-52(11)40-41-68-72(64,65)71-73(66,67)70-58-55(59-53(12)61)57(63)56(62)54(42-60)69-58/h22,24,26,28,30,32,34,36,38,40,54-58,60,62-63H,13-21,23,25,27,29,31,33,35,37,39,41-42H2,1-12H3,(H,59,61)(H,64,65)(H,66,67)/b44-24+,45-26-,46-28-,47-30-,48-32-,49-34-,50-36-,51-38-,52-40-/t54-,55-,56-,57-,58+/m1/s1. The number of aliphatic hydroxyl groups is 3. The molecule has 0 saturated carbocycles. The van der Waals surface area contributed by atoms with Crippen molar-refractivity contribution in [3.8, 4) is 0 Å². The molecule has 0 aromatic carbocycles. The Labute approximate surface area is 441 Å². The van der Waals surface area contributed by atoms with Gasteiger partial charge >= 0.3 is 15.6 Å². The van der Waals surface area contributed by atoms with E-state index in [1.807, 2.05) is 6.92 Å². The fraction of sp³-hybridized carbons (Fsp3) is 0.638. The fourth-order valence-corrected chi connectivity index (χ4v) is 10.1. The first-order chi connectivity index (χ1) is 34.3. The number of carbonyl (C=O) groups is 1. The van der Waals surface area contributed by atoms with Crippen LogP contribution >= 0.6 is 15.6 Å². The van der Waals surface area contributed by atoms with E-state index in [0.717, 1.165) is 115 Å². The summed E-state index contributed by atoms with van der Waals surface area (Å²) in [4.78, 5) is 31.9. The summed E-state index contributed by atoms with van der Waals surface area (Å²) in [6.07, 6.45) is 34.9. The Balaban J connectivity index is 2.35. The zero-order chi connectivity index (χ0) is 55.0. The van der Waals surface area contributed by atoms with Crippen LogP contribution in [0.5, 0.6) is 0 Å². The number of rotatable bonds is 36. The minimum Gasteiger partial charge on any atom is -0.394 e. The van der Waals surface area contributed by atoms with Crippen LogP contribution in [-0.2, 0) is 32.0 Å². The van der Waals surface area contributed by atoms with E-state index in [2.05, 4.69) is 134 Å². The van der Waals surface area contributed by atoms with Crippen molar-refractivity contribution in [3.63, 3.8) is 0 Å². The summed E-state index contributed by atoms with van der Waals surface area (Å²) >= 11 is 0. The van der Waals surface area contributed by atoms with Gasteiger partial charge in [0.25, 0.3) is 0 Å². The summed E-state index contributed by atoms with van der Waals surface area (Å²) in [5.41, 5.74) is 13.8. The first-order valence-corrected chi connectivity index (χ1v) is 29.5. The molecule has 0 radical (unpaired) electrons. The van der Waals surface area contributed by atoms with Crippen LogP contribution in [0.3, 0.4) is 0 Å². The van der Waals surface area contributed by atoms with Gasteiger partial charge in [0.15, 0.2) is 6.29 Å². The molecule has 1 rings (SSSR count). The van der Waals surface area contributed by atoms with Gasteiger partial charge in [-0.15, -0.1) is 0 Å². The number of hydrogen-bond acceptors (Lipinski definition) is 10. The lowest BCUT2D eigenvalue weighted by Crippen LogP contribution is -2.64. The summed E-state index contributed by atoms with van der Waals surface area (Å²) in [7, 11) is -10.6. The number of phosphoric acid groups is 2. The molecule has 13 nitrogen and oxygen atoms in total. The minimum absolute atomic E-state index is 0.406. The van der Waals surface area contributed by atoms with Crippen LogP contribution in [0.25, 0.3) is 0 Å². The zero-order valence-electron chi connectivity index (χ0n) is 46.8. The van der Waals surface area contributed by atoms with E-state index in [1.54, 1.807) is 6.08 Å². The smallest absolute Gasteiger partial charge is 0.394 e. The van der Waals surface area contributed by atoms with Crippen molar-refractivity contribution in [3.05, 3.63) is 116 Å². The van der Waals surface area contributed by atoms with E-state index in [9.17, 15) is 39.0 Å². The van der Waals surface area contributed by atoms with Crippen LogP contribution in [0, 0.1) is 0 Å². The van der Waals surface area contributed by atoms with E-state index in [-0.39, 0.29) is 0 Å². The average molecular weight is 1060 g/mol. The largest absolute Gasteiger partial charge is 0.483 e. The third-order valence-corrected chi connectivity index (χ3v) is 15.3. The molecule has 6 N–H and O–H groups in total. The van der Waals surface area contributed by atoms with Crippen molar-refractivity contribution < 1.29 is 57.1 Å². The number of aliphatic hydroxyl groups excluding tert-OH is 3. The van der Waals surface area contributed by atoms with Crippen molar-refractivity contribution in [2.24, 2.45) is 0 Å². The number of amides is 1. The van der Waals surface area contributed by atoms with E-state index in [1.165, 1.54) is 56.6 Å². The lowest BCUT2D eigenvalue weighted by molar-refractivity contribution is -0.247. The van der Waals surface area contributed by atoms with Crippen LogP contribution in [0.15, 0.2) is 116 Å². The molecule has 1 saturated heterocycles. The third-order valence-electron chi connectivity index (χ3n) is 12.7. The van der Waals surface area contributed by atoms with Gasteiger partial charge in [0.05, 0.1) is 13.2 Å². The quantitative estimate of drug-likeness (QED) is 0.0257. The maximum absolute atomic E-state index is 12.6. The molecular formula is C58H97NO12P2. The number of carbonyl (C=O) groups excluding carboxylic acids is 1. The number of hydrogen-bond donors (Lipinski definition) is 6. The maximum Gasteiger partial charge on any atom is 0.483 e. The van der Waals surface area contributed by atoms with Crippen LogP contribution in [0.1, 0.15) is 199 Å².